The summed E-state index contributed by atoms with van der Waals surface area (Å²) in [6.45, 7) is 10.2. The van der Waals surface area contributed by atoms with Crippen LogP contribution in [0.5, 0.6) is 11.6 Å². The molecule has 11 heteroatoms. The minimum Gasteiger partial charge on any atom is -0.433 e. The van der Waals surface area contributed by atoms with E-state index in [1.807, 2.05) is 11.5 Å². The smallest absolute Gasteiger partial charge is 0.282 e. The molecule has 4 fully saturated rings. The normalized spacial score (nSPS) is 21.6. The fourth-order valence-corrected chi connectivity index (χ4v) is 7.11. The molecule has 10 nitrogen and oxygen atoms in total. The zero-order chi connectivity index (χ0) is 27.6. The Kier molecular flexibility index (Phi) is 6.10. The zero-order valence-corrected chi connectivity index (χ0v) is 23.3. The molecule has 4 heterocycles. The second-order valence-corrected chi connectivity index (χ2v) is 12.5. The van der Waals surface area contributed by atoms with Gasteiger partial charge in [-0.05, 0) is 50.2 Å². The molecule has 210 valence electrons. The predicted octanol–water partition coefficient (Wildman–Crippen LogP) is 4.09. The quantitative estimate of drug-likeness (QED) is 0.413. The summed E-state index contributed by atoms with van der Waals surface area (Å²) >= 11 is 0. The fourth-order valence-electron chi connectivity index (χ4n) is 7.11. The van der Waals surface area contributed by atoms with Crippen molar-refractivity contribution in [2.75, 3.05) is 31.1 Å². The summed E-state index contributed by atoms with van der Waals surface area (Å²) in [6.07, 6.45) is 6.07. The van der Waals surface area contributed by atoms with Crippen LogP contribution in [0.4, 0.5) is 10.2 Å². The lowest BCUT2D eigenvalue weighted by molar-refractivity contribution is -0.133. The van der Waals surface area contributed by atoms with E-state index in [4.69, 9.17) is 4.74 Å². The van der Waals surface area contributed by atoms with Gasteiger partial charge in [-0.15, -0.1) is 20.4 Å². The van der Waals surface area contributed by atoms with Crippen LogP contribution in [0.15, 0.2) is 24.5 Å². The van der Waals surface area contributed by atoms with E-state index in [0.29, 0.717) is 58.5 Å². The number of aryl methyl sites for hydroxylation is 1. The molecular formula is C29H35FN8O2. The summed E-state index contributed by atoms with van der Waals surface area (Å²) in [5, 5.41) is 16.9. The Morgan fingerprint density at radius 2 is 1.90 bits per heavy atom. The molecule has 7 rings (SSSR count). The van der Waals surface area contributed by atoms with Crippen molar-refractivity contribution in [1.82, 2.24) is 34.8 Å². The predicted molar refractivity (Wildman–Crippen MR) is 145 cm³/mol. The van der Waals surface area contributed by atoms with Crippen molar-refractivity contribution in [3.8, 4) is 17.3 Å². The van der Waals surface area contributed by atoms with Crippen LogP contribution in [-0.2, 0) is 4.79 Å². The summed E-state index contributed by atoms with van der Waals surface area (Å²) in [6, 6.07) is 4.92. The van der Waals surface area contributed by atoms with E-state index < -0.39 is 0 Å². The van der Waals surface area contributed by atoms with Crippen LogP contribution in [0.1, 0.15) is 63.5 Å². The second-order valence-electron chi connectivity index (χ2n) is 12.5. The van der Waals surface area contributed by atoms with Gasteiger partial charge in [-0.3, -0.25) is 14.3 Å². The summed E-state index contributed by atoms with van der Waals surface area (Å²) in [5.41, 5.74) is 0.742. The first-order valence-corrected chi connectivity index (χ1v) is 14.4. The van der Waals surface area contributed by atoms with E-state index >= 15 is 0 Å². The summed E-state index contributed by atoms with van der Waals surface area (Å²) in [7, 11) is 0. The van der Waals surface area contributed by atoms with Crippen molar-refractivity contribution in [2.24, 2.45) is 17.3 Å². The molecule has 2 saturated heterocycles. The lowest BCUT2D eigenvalue weighted by Crippen LogP contribution is -2.64. The number of aromatic nitrogens is 6. The standard InChI is InChI=1S/C29H35FN8O2/c1-17(2)25(20-10-22(39)11-20)37-14-29(15-37)8-9-36(13-29)27-28(35-32-16-31-27)40-24-7-6-21(30)12-23(24)38-18(3)33-34-26(38)19-4-5-19/h6-7,12,16-17,19-20,25H,4-5,8-11,13-15H2,1-3H3/t25-/m1/s1. The maximum absolute atomic E-state index is 14.5. The third kappa shape index (κ3) is 4.44. The highest BCUT2D eigenvalue weighted by atomic mass is 19.1. The number of benzene rings is 1. The van der Waals surface area contributed by atoms with Gasteiger partial charge in [0.1, 0.15) is 29.6 Å². The Hall–Kier alpha value is -3.47. The number of rotatable bonds is 8. The second kappa shape index (κ2) is 9.57. The summed E-state index contributed by atoms with van der Waals surface area (Å²) < 4.78 is 22.7. The lowest BCUT2D eigenvalue weighted by atomic mass is 9.70. The van der Waals surface area contributed by atoms with Crippen molar-refractivity contribution in [3.05, 3.63) is 42.0 Å². The third-order valence-corrected chi connectivity index (χ3v) is 9.11. The van der Waals surface area contributed by atoms with E-state index in [-0.39, 0.29) is 11.2 Å². The van der Waals surface area contributed by atoms with Crippen LogP contribution >= 0.6 is 0 Å². The van der Waals surface area contributed by atoms with Gasteiger partial charge in [-0.25, -0.2) is 9.37 Å². The molecular weight excluding hydrogens is 511 g/mol. The number of ether oxygens (including phenoxy) is 1. The average Bonchev–Trinajstić information content (AvgIpc) is 3.52. The maximum atomic E-state index is 14.5. The van der Waals surface area contributed by atoms with E-state index in [0.717, 1.165) is 64.1 Å². The number of nitrogens with zero attached hydrogens (tertiary/aromatic N) is 8. The van der Waals surface area contributed by atoms with E-state index in [1.54, 1.807) is 6.07 Å². The van der Waals surface area contributed by atoms with Gasteiger partial charge < -0.3 is 9.64 Å². The van der Waals surface area contributed by atoms with Gasteiger partial charge in [0.2, 0.25) is 0 Å². The minimum atomic E-state index is -0.364. The number of carbonyl (C=O) groups is 1. The number of Topliss-reactive ketones (excluding diaryl/α,β-unsaturated/α-hetero) is 1. The summed E-state index contributed by atoms with van der Waals surface area (Å²) in [4.78, 5) is 21.1. The van der Waals surface area contributed by atoms with Gasteiger partial charge >= 0.3 is 0 Å². The highest BCUT2D eigenvalue weighted by Crippen LogP contribution is 2.47. The molecule has 2 aliphatic carbocycles. The van der Waals surface area contributed by atoms with Crippen LogP contribution in [0.3, 0.4) is 0 Å². The Labute approximate surface area is 233 Å². The van der Waals surface area contributed by atoms with Crippen LogP contribution in [0, 0.1) is 30.0 Å². The largest absolute Gasteiger partial charge is 0.433 e. The number of hydrogen-bond donors (Lipinski definition) is 0. The van der Waals surface area contributed by atoms with Gasteiger partial charge in [-0.2, -0.15) is 0 Å². The number of likely N-dealkylation sites (tertiary alicyclic amines) is 1. The number of halogens is 1. The van der Waals surface area contributed by atoms with Crippen LogP contribution in [0.2, 0.25) is 0 Å². The molecule has 3 aromatic rings. The number of carbonyl (C=O) groups excluding carboxylic acids is 1. The van der Waals surface area contributed by atoms with Gasteiger partial charge in [0.25, 0.3) is 5.88 Å². The maximum Gasteiger partial charge on any atom is 0.282 e. The molecule has 0 radical (unpaired) electrons. The SMILES string of the molecule is Cc1nnc(C2CC2)n1-c1cc(F)ccc1Oc1nncnc1N1CCC2(C1)CN([C@H](C(C)C)C1CC(=O)C1)C2. The molecule has 0 N–H and O–H groups in total. The Morgan fingerprint density at radius 3 is 2.62 bits per heavy atom. The Bertz CT molecular complexity index is 1440. The van der Waals surface area contributed by atoms with Gasteiger partial charge in [0, 0.05) is 62.5 Å². The molecule has 0 amide bonds. The van der Waals surface area contributed by atoms with Crippen LogP contribution in [-0.4, -0.2) is 72.8 Å². The zero-order valence-electron chi connectivity index (χ0n) is 23.3. The Morgan fingerprint density at radius 1 is 1.10 bits per heavy atom. The molecule has 1 aromatic carbocycles. The highest BCUT2D eigenvalue weighted by Gasteiger charge is 2.52. The third-order valence-electron chi connectivity index (χ3n) is 9.11. The molecule has 0 unspecified atom stereocenters. The number of hydrogen-bond acceptors (Lipinski definition) is 9. The molecule has 1 spiro atoms. The van der Waals surface area contributed by atoms with Crippen molar-refractivity contribution >= 4 is 11.6 Å². The molecule has 1 atom stereocenters. The Balaban J connectivity index is 1.11. The van der Waals surface area contributed by atoms with Crippen molar-refractivity contribution < 1.29 is 13.9 Å². The van der Waals surface area contributed by atoms with Gasteiger partial charge in [0.15, 0.2) is 11.6 Å². The van der Waals surface area contributed by atoms with Gasteiger partial charge in [0.05, 0.1) is 5.69 Å². The first kappa shape index (κ1) is 25.5. The van der Waals surface area contributed by atoms with Crippen molar-refractivity contribution in [1.29, 1.82) is 0 Å². The van der Waals surface area contributed by atoms with Crippen LogP contribution < -0.4 is 9.64 Å². The molecule has 2 saturated carbocycles. The van der Waals surface area contributed by atoms with E-state index in [2.05, 4.69) is 49.0 Å². The lowest BCUT2D eigenvalue weighted by Gasteiger charge is -2.55. The first-order valence-electron chi connectivity index (χ1n) is 14.4. The number of ketones is 1. The van der Waals surface area contributed by atoms with Crippen LogP contribution in [0.25, 0.3) is 5.69 Å². The van der Waals surface area contributed by atoms with Crippen molar-refractivity contribution in [3.63, 3.8) is 0 Å². The molecule has 2 aromatic heterocycles. The highest BCUT2D eigenvalue weighted by molar-refractivity contribution is 5.84. The van der Waals surface area contributed by atoms with E-state index in [1.165, 1.54) is 18.5 Å². The monoisotopic (exact) mass is 546 g/mol. The molecule has 40 heavy (non-hydrogen) atoms. The molecule has 0 bridgehead atoms. The molecule has 2 aliphatic heterocycles. The van der Waals surface area contributed by atoms with Crippen molar-refractivity contribution in [2.45, 2.75) is 64.8 Å². The van der Waals surface area contributed by atoms with E-state index in [9.17, 15) is 9.18 Å². The summed E-state index contributed by atoms with van der Waals surface area (Å²) in [5.74, 6) is 4.29. The molecule has 4 aliphatic rings. The minimum absolute atomic E-state index is 0.197. The first-order chi connectivity index (χ1) is 19.3. The average molecular weight is 547 g/mol. The number of anilines is 1. The topological polar surface area (TPSA) is 102 Å². The van der Waals surface area contributed by atoms with Gasteiger partial charge in [-0.1, -0.05) is 13.8 Å². The fraction of sp³-hybridized carbons (Fsp3) is 0.586.